The smallest absolute Gasteiger partial charge is 0.259 e. The van der Waals surface area contributed by atoms with Gasteiger partial charge >= 0.3 is 0 Å². The lowest BCUT2D eigenvalue weighted by molar-refractivity contribution is -0.118. The predicted molar refractivity (Wildman–Crippen MR) is 140 cm³/mol. The number of nitrogens with one attached hydrogen (secondary N) is 2. The number of hydrogen-bond acceptors (Lipinski definition) is 6. The van der Waals surface area contributed by atoms with Gasteiger partial charge in [0.25, 0.3) is 5.91 Å². The van der Waals surface area contributed by atoms with Crippen molar-refractivity contribution in [1.82, 2.24) is 10.6 Å². The Morgan fingerprint density at radius 3 is 2.63 bits per heavy atom. The van der Waals surface area contributed by atoms with Crippen molar-refractivity contribution >= 4 is 17.6 Å². The Kier molecular flexibility index (Phi) is 6.75. The minimum atomic E-state index is -0.664. The first-order chi connectivity index (χ1) is 18.3. The fourth-order valence-electron chi connectivity index (χ4n) is 9.00. The molecule has 2 amide bonds. The van der Waals surface area contributed by atoms with Crippen LogP contribution in [0.2, 0.25) is 0 Å². The molecule has 3 unspecified atom stereocenters. The molecule has 3 aliphatic carbocycles. The SMILES string of the molecule is COC(C)[C@H]1[C@H]2[C@H](C[C@H]1C)[C@H]1C[C@H]3/C=C/C(O)=C4\C(=O)N[C@@H](CCCNC(=O)/C=C\CC3C1[C@H]1O[C@@H]21)C4=O. The molecule has 3 aliphatic heterocycles. The molecule has 8 heteroatoms. The predicted octanol–water partition coefficient (Wildman–Crippen LogP) is 2.85. The number of carbonyl (C=O) groups excluding carboxylic acids is 3. The van der Waals surface area contributed by atoms with E-state index in [0.717, 1.165) is 12.8 Å². The van der Waals surface area contributed by atoms with E-state index in [-0.39, 0.29) is 53.2 Å². The molecule has 3 heterocycles. The monoisotopic (exact) mass is 524 g/mol. The van der Waals surface area contributed by atoms with E-state index in [1.165, 1.54) is 6.42 Å². The number of aliphatic hydroxyl groups excluding tert-OH is 1. The molecule has 5 fully saturated rings. The van der Waals surface area contributed by atoms with E-state index >= 15 is 0 Å². The molecule has 206 valence electrons. The molecular formula is C30H40N2O6. The lowest BCUT2D eigenvalue weighted by Crippen LogP contribution is -2.41. The number of allylic oxidation sites excluding steroid dienone is 3. The first kappa shape index (κ1) is 25.8. The molecule has 3 N–H and O–H groups in total. The fourth-order valence-corrected chi connectivity index (χ4v) is 9.00. The average Bonchev–Trinajstić information content (AvgIpc) is 3.35. The van der Waals surface area contributed by atoms with E-state index in [1.807, 2.05) is 12.2 Å². The van der Waals surface area contributed by atoms with E-state index in [0.29, 0.717) is 54.9 Å². The summed E-state index contributed by atoms with van der Waals surface area (Å²) in [5.74, 6) is 2.16. The maximum absolute atomic E-state index is 12.9. The highest BCUT2D eigenvalue weighted by Gasteiger charge is 2.68. The molecule has 0 spiro atoms. The number of carbonyl (C=O) groups is 3. The molecule has 2 bridgehead atoms. The highest BCUT2D eigenvalue weighted by molar-refractivity contribution is 6.27. The highest BCUT2D eigenvalue weighted by Crippen LogP contribution is 2.66. The summed E-state index contributed by atoms with van der Waals surface area (Å²) in [6, 6.07) is -0.664. The fraction of sp³-hybridized carbons (Fsp3) is 0.700. The van der Waals surface area contributed by atoms with Crippen LogP contribution < -0.4 is 10.6 Å². The number of hydrogen-bond donors (Lipinski definition) is 3. The average molecular weight is 525 g/mol. The van der Waals surface area contributed by atoms with Crippen LogP contribution in [0.4, 0.5) is 0 Å². The molecule has 12 atom stereocenters. The first-order valence-corrected chi connectivity index (χ1v) is 14.4. The van der Waals surface area contributed by atoms with Gasteiger partial charge in [-0.05, 0) is 98.5 Å². The highest BCUT2D eigenvalue weighted by atomic mass is 16.6. The van der Waals surface area contributed by atoms with Crippen LogP contribution in [0.5, 0.6) is 0 Å². The van der Waals surface area contributed by atoms with Crippen molar-refractivity contribution in [2.75, 3.05) is 13.7 Å². The maximum Gasteiger partial charge on any atom is 0.259 e. The molecular weight excluding hydrogens is 484 g/mol. The lowest BCUT2D eigenvalue weighted by Gasteiger charge is -2.38. The van der Waals surface area contributed by atoms with Crippen LogP contribution in [-0.4, -0.2) is 60.7 Å². The number of epoxide rings is 1. The summed E-state index contributed by atoms with van der Waals surface area (Å²) in [4.78, 5) is 37.8. The van der Waals surface area contributed by atoms with Crippen molar-refractivity contribution in [2.24, 2.45) is 47.3 Å². The van der Waals surface area contributed by atoms with Gasteiger partial charge in [0, 0.05) is 13.7 Å². The third kappa shape index (κ3) is 4.24. The molecule has 6 rings (SSSR count). The molecule has 0 radical (unpaired) electrons. The summed E-state index contributed by atoms with van der Waals surface area (Å²) in [5, 5.41) is 16.4. The number of ether oxygens (including phenoxy) is 2. The molecule has 6 aliphatic rings. The Balaban J connectivity index is 1.32. The molecule has 0 aromatic rings. The summed E-state index contributed by atoms with van der Waals surface area (Å²) in [6.07, 6.45) is 11.7. The van der Waals surface area contributed by atoms with Crippen LogP contribution in [-0.2, 0) is 23.9 Å². The van der Waals surface area contributed by atoms with Gasteiger partial charge in [0.1, 0.15) is 11.3 Å². The van der Waals surface area contributed by atoms with Crippen molar-refractivity contribution in [3.8, 4) is 0 Å². The number of Topliss-reactive ketones (excluding diaryl/α,β-unsaturated/α-hetero) is 1. The van der Waals surface area contributed by atoms with Gasteiger partial charge in [-0.15, -0.1) is 0 Å². The zero-order valence-electron chi connectivity index (χ0n) is 22.5. The molecule has 0 aromatic carbocycles. The van der Waals surface area contributed by atoms with Gasteiger partial charge in [0.2, 0.25) is 5.91 Å². The molecule has 8 nitrogen and oxygen atoms in total. The number of methoxy groups -OCH3 is 1. The summed E-state index contributed by atoms with van der Waals surface area (Å²) >= 11 is 0. The second kappa shape index (κ2) is 9.94. The van der Waals surface area contributed by atoms with Crippen LogP contribution in [0, 0.1) is 47.3 Å². The number of aliphatic hydroxyl groups is 1. The zero-order chi connectivity index (χ0) is 26.7. The largest absolute Gasteiger partial charge is 0.507 e. The van der Waals surface area contributed by atoms with Gasteiger partial charge in [-0.1, -0.05) is 19.1 Å². The normalized spacial score (nSPS) is 48.7. The summed E-state index contributed by atoms with van der Waals surface area (Å²) in [6.45, 7) is 4.96. The van der Waals surface area contributed by atoms with Gasteiger partial charge in [0.15, 0.2) is 5.78 Å². The summed E-state index contributed by atoms with van der Waals surface area (Å²) in [5.41, 5.74) is -0.152. The Hall–Kier alpha value is -2.45. The third-order valence-electron chi connectivity index (χ3n) is 10.6. The molecule has 38 heavy (non-hydrogen) atoms. The van der Waals surface area contributed by atoms with Gasteiger partial charge in [0.05, 0.1) is 24.4 Å². The standard InChI is InChI=1S/C30H40N2O6/c1-14-12-18-19-13-16-9-10-21(33)26-27(35)20(32-30(26)36)7-5-11-31-22(34)8-4-6-17(16)24(19)28-29(38-28)25(18)23(14)15(2)37-3/h4,8-10,14-20,23-25,28-29,33H,5-7,11-13H2,1-3H3,(H,31,34)(H,32,36)/b8-4-,10-9+,26-21+/t14-,15?,16-,17?,18-,19-,20+,23+,24?,25-,28-,29+/m1/s1. The van der Waals surface area contributed by atoms with Gasteiger partial charge in [-0.25, -0.2) is 0 Å². The van der Waals surface area contributed by atoms with Gasteiger partial charge < -0.3 is 25.2 Å². The van der Waals surface area contributed by atoms with Gasteiger partial charge in [-0.2, -0.15) is 0 Å². The summed E-state index contributed by atoms with van der Waals surface area (Å²) in [7, 11) is 1.80. The van der Waals surface area contributed by atoms with E-state index in [4.69, 9.17) is 9.47 Å². The van der Waals surface area contributed by atoms with Crippen molar-refractivity contribution in [1.29, 1.82) is 0 Å². The number of amides is 2. The van der Waals surface area contributed by atoms with Gasteiger partial charge in [-0.3, -0.25) is 14.4 Å². The van der Waals surface area contributed by atoms with Crippen molar-refractivity contribution in [3.63, 3.8) is 0 Å². The van der Waals surface area contributed by atoms with Crippen molar-refractivity contribution in [2.45, 2.75) is 70.3 Å². The van der Waals surface area contributed by atoms with E-state index in [9.17, 15) is 19.5 Å². The zero-order valence-corrected chi connectivity index (χ0v) is 22.5. The topological polar surface area (TPSA) is 117 Å². The second-order valence-electron chi connectivity index (χ2n) is 12.4. The first-order valence-electron chi connectivity index (χ1n) is 14.4. The Labute approximate surface area is 224 Å². The van der Waals surface area contributed by atoms with Crippen molar-refractivity contribution < 1.29 is 29.0 Å². The van der Waals surface area contributed by atoms with E-state index in [1.54, 1.807) is 19.3 Å². The van der Waals surface area contributed by atoms with Crippen molar-refractivity contribution in [3.05, 3.63) is 35.6 Å². The molecule has 0 aromatic heterocycles. The lowest BCUT2D eigenvalue weighted by atomic mass is 9.65. The van der Waals surface area contributed by atoms with E-state index in [2.05, 4.69) is 24.5 Å². The Morgan fingerprint density at radius 2 is 1.84 bits per heavy atom. The minimum absolute atomic E-state index is 0.135. The van der Waals surface area contributed by atoms with Crippen LogP contribution in [0.1, 0.15) is 46.0 Å². The molecule has 2 saturated heterocycles. The van der Waals surface area contributed by atoms with Crippen LogP contribution >= 0.6 is 0 Å². The Bertz CT molecular complexity index is 1100. The number of rotatable bonds is 2. The number of fused-ring (bicyclic) bond motifs is 10. The van der Waals surface area contributed by atoms with E-state index < -0.39 is 11.9 Å². The minimum Gasteiger partial charge on any atom is -0.507 e. The third-order valence-corrected chi connectivity index (χ3v) is 10.6. The van der Waals surface area contributed by atoms with Crippen LogP contribution in [0.15, 0.2) is 35.6 Å². The second-order valence-corrected chi connectivity index (χ2v) is 12.4. The Morgan fingerprint density at radius 1 is 1.08 bits per heavy atom. The quantitative estimate of drug-likeness (QED) is 0.378. The number of ketones is 1. The summed E-state index contributed by atoms with van der Waals surface area (Å²) < 4.78 is 12.2. The van der Waals surface area contributed by atoms with Crippen LogP contribution in [0.3, 0.4) is 0 Å². The molecule has 3 saturated carbocycles. The van der Waals surface area contributed by atoms with Crippen LogP contribution in [0.25, 0.3) is 0 Å². The maximum atomic E-state index is 12.9.